The van der Waals surface area contributed by atoms with Crippen LogP contribution in [0, 0.1) is 0 Å². The Kier molecular flexibility index (Phi) is 4.71. The Morgan fingerprint density at radius 2 is 2.40 bits per heavy atom. The SMILES string of the molecule is CCCC(N)c1nc(C(=O)OCC)cs1. The average Bonchev–Trinajstić information content (AvgIpc) is 2.67. The number of esters is 1. The summed E-state index contributed by atoms with van der Waals surface area (Å²) in [6, 6.07) is -0.0665. The number of aromatic nitrogens is 1. The van der Waals surface area contributed by atoms with Crippen LogP contribution in [-0.4, -0.2) is 17.6 Å². The summed E-state index contributed by atoms with van der Waals surface area (Å²) in [5, 5.41) is 2.50. The number of hydrogen-bond donors (Lipinski definition) is 1. The number of nitrogens with two attached hydrogens (primary N) is 1. The molecule has 84 valence electrons. The molecule has 0 spiro atoms. The van der Waals surface area contributed by atoms with E-state index in [0.717, 1.165) is 17.8 Å². The lowest BCUT2D eigenvalue weighted by atomic mass is 10.2. The van der Waals surface area contributed by atoms with Crippen molar-refractivity contribution >= 4 is 17.3 Å². The number of carbonyl (C=O) groups is 1. The van der Waals surface area contributed by atoms with Crippen LogP contribution >= 0.6 is 11.3 Å². The van der Waals surface area contributed by atoms with Crippen molar-refractivity contribution < 1.29 is 9.53 Å². The Bertz CT molecular complexity index is 325. The van der Waals surface area contributed by atoms with Crippen LogP contribution in [0.2, 0.25) is 0 Å². The van der Waals surface area contributed by atoms with Gasteiger partial charge in [0.1, 0.15) is 5.01 Å². The molecule has 5 heteroatoms. The molecule has 0 aromatic carbocycles. The summed E-state index contributed by atoms with van der Waals surface area (Å²) in [4.78, 5) is 15.5. The van der Waals surface area contributed by atoms with Gasteiger partial charge in [0.25, 0.3) is 0 Å². The molecule has 0 aliphatic heterocycles. The lowest BCUT2D eigenvalue weighted by Crippen LogP contribution is -2.11. The first-order valence-electron chi connectivity index (χ1n) is 5.07. The normalized spacial score (nSPS) is 12.5. The Hall–Kier alpha value is -0.940. The van der Waals surface area contributed by atoms with Gasteiger partial charge in [-0.1, -0.05) is 13.3 Å². The van der Waals surface area contributed by atoms with Crippen molar-refractivity contribution in [3.63, 3.8) is 0 Å². The van der Waals surface area contributed by atoms with Gasteiger partial charge in [-0.3, -0.25) is 0 Å². The third kappa shape index (κ3) is 3.28. The van der Waals surface area contributed by atoms with E-state index in [0.29, 0.717) is 12.3 Å². The van der Waals surface area contributed by atoms with Crippen LogP contribution in [-0.2, 0) is 4.74 Å². The molecule has 0 amide bonds. The summed E-state index contributed by atoms with van der Waals surface area (Å²) in [6.45, 7) is 4.21. The number of rotatable bonds is 5. The fourth-order valence-corrected chi connectivity index (χ4v) is 2.02. The average molecular weight is 228 g/mol. The summed E-state index contributed by atoms with van der Waals surface area (Å²) in [5.41, 5.74) is 6.25. The summed E-state index contributed by atoms with van der Waals surface area (Å²) >= 11 is 1.41. The van der Waals surface area contributed by atoms with Gasteiger partial charge >= 0.3 is 5.97 Å². The van der Waals surface area contributed by atoms with Gasteiger partial charge in [0.05, 0.1) is 12.6 Å². The monoisotopic (exact) mass is 228 g/mol. The van der Waals surface area contributed by atoms with Crippen LogP contribution in [0.4, 0.5) is 0 Å². The summed E-state index contributed by atoms with van der Waals surface area (Å²) in [7, 11) is 0. The molecule has 0 saturated heterocycles. The van der Waals surface area contributed by atoms with Crippen LogP contribution in [0.3, 0.4) is 0 Å². The number of nitrogens with zero attached hydrogens (tertiary/aromatic N) is 1. The van der Waals surface area contributed by atoms with Crippen LogP contribution < -0.4 is 5.73 Å². The van der Waals surface area contributed by atoms with Gasteiger partial charge in [-0.15, -0.1) is 11.3 Å². The van der Waals surface area contributed by atoms with Crippen LogP contribution in [0.5, 0.6) is 0 Å². The fourth-order valence-electron chi connectivity index (χ4n) is 1.19. The lowest BCUT2D eigenvalue weighted by molar-refractivity contribution is 0.0520. The van der Waals surface area contributed by atoms with Crippen molar-refractivity contribution in [2.24, 2.45) is 5.73 Å². The van der Waals surface area contributed by atoms with Gasteiger partial charge in [-0.05, 0) is 13.3 Å². The molecule has 1 rings (SSSR count). The predicted octanol–water partition coefficient (Wildman–Crippen LogP) is 2.12. The Labute approximate surface area is 93.5 Å². The molecule has 2 N–H and O–H groups in total. The highest BCUT2D eigenvalue weighted by Crippen LogP contribution is 2.20. The van der Waals surface area contributed by atoms with Crippen molar-refractivity contribution in [2.45, 2.75) is 32.7 Å². The minimum atomic E-state index is -0.372. The van der Waals surface area contributed by atoms with Crippen molar-refractivity contribution in [3.8, 4) is 0 Å². The summed E-state index contributed by atoms with van der Waals surface area (Å²) in [5.74, 6) is -0.372. The van der Waals surface area contributed by atoms with Crippen LogP contribution in [0.25, 0.3) is 0 Å². The van der Waals surface area contributed by atoms with E-state index in [-0.39, 0.29) is 12.0 Å². The smallest absolute Gasteiger partial charge is 0.357 e. The third-order valence-corrected chi connectivity index (χ3v) is 2.90. The molecule has 0 fully saturated rings. The maximum absolute atomic E-state index is 11.3. The highest BCUT2D eigenvalue weighted by molar-refractivity contribution is 7.09. The van der Waals surface area contributed by atoms with E-state index < -0.39 is 0 Å². The van der Waals surface area contributed by atoms with E-state index >= 15 is 0 Å². The molecule has 0 aliphatic rings. The standard InChI is InChI=1S/C10H16N2O2S/c1-3-5-7(11)9-12-8(6-15-9)10(13)14-4-2/h6-7H,3-5,11H2,1-2H3. The minimum Gasteiger partial charge on any atom is -0.461 e. The van der Waals surface area contributed by atoms with Crippen LogP contribution in [0.1, 0.15) is 48.2 Å². The molecule has 1 aromatic rings. The molecule has 0 aliphatic carbocycles. The molecular formula is C10H16N2O2S. The zero-order valence-corrected chi connectivity index (χ0v) is 9.84. The third-order valence-electron chi connectivity index (χ3n) is 1.92. The Morgan fingerprint density at radius 1 is 1.67 bits per heavy atom. The van der Waals surface area contributed by atoms with Gasteiger partial charge in [-0.25, -0.2) is 9.78 Å². The van der Waals surface area contributed by atoms with Crippen molar-refractivity contribution in [3.05, 3.63) is 16.1 Å². The highest BCUT2D eigenvalue weighted by atomic mass is 32.1. The van der Waals surface area contributed by atoms with Crippen molar-refractivity contribution in [1.82, 2.24) is 4.98 Å². The van der Waals surface area contributed by atoms with Gasteiger partial charge in [-0.2, -0.15) is 0 Å². The Morgan fingerprint density at radius 3 is 3.00 bits per heavy atom. The highest BCUT2D eigenvalue weighted by Gasteiger charge is 2.14. The van der Waals surface area contributed by atoms with E-state index in [1.807, 2.05) is 0 Å². The van der Waals surface area contributed by atoms with Gasteiger partial charge in [0, 0.05) is 5.38 Å². The second-order valence-corrected chi connectivity index (χ2v) is 4.08. The Balaban J connectivity index is 2.67. The zero-order chi connectivity index (χ0) is 11.3. The lowest BCUT2D eigenvalue weighted by Gasteiger charge is -2.04. The second-order valence-electron chi connectivity index (χ2n) is 3.19. The maximum Gasteiger partial charge on any atom is 0.357 e. The van der Waals surface area contributed by atoms with E-state index in [1.165, 1.54) is 11.3 Å². The quantitative estimate of drug-likeness (QED) is 0.784. The minimum absolute atomic E-state index is 0.0665. The van der Waals surface area contributed by atoms with Gasteiger partial charge in [0.15, 0.2) is 5.69 Å². The first-order chi connectivity index (χ1) is 7.19. The molecule has 15 heavy (non-hydrogen) atoms. The topological polar surface area (TPSA) is 65.2 Å². The molecular weight excluding hydrogens is 212 g/mol. The van der Waals surface area contributed by atoms with Gasteiger partial charge in [0.2, 0.25) is 0 Å². The zero-order valence-electron chi connectivity index (χ0n) is 9.03. The van der Waals surface area contributed by atoms with E-state index in [1.54, 1.807) is 12.3 Å². The first-order valence-corrected chi connectivity index (χ1v) is 5.95. The van der Waals surface area contributed by atoms with Gasteiger partial charge < -0.3 is 10.5 Å². The molecule has 4 nitrogen and oxygen atoms in total. The van der Waals surface area contributed by atoms with E-state index in [4.69, 9.17) is 10.5 Å². The number of carbonyl (C=O) groups excluding carboxylic acids is 1. The first kappa shape index (κ1) is 12.1. The molecule has 0 saturated carbocycles. The number of thiazole rings is 1. The molecule has 1 aromatic heterocycles. The van der Waals surface area contributed by atoms with Crippen molar-refractivity contribution in [2.75, 3.05) is 6.61 Å². The molecule has 0 radical (unpaired) electrons. The summed E-state index contributed by atoms with van der Waals surface area (Å²) < 4.78 is 4.85. The van der Waals surface area contributed by atoms with Crippen molar-refractivity contribution in [1.29, 1.82) is 0 Å². The molecule has 1 atom stereocenters. The van der Waals surface area contributed by atoms with E-state index in [9.17, 15) is 4.79 Å². The molecule has 0 bridgehead atoms. The summed E-state index contributed by atoms with van der Waals surface area (Å²) in [6.07, 6.45) is 1.89. The number of hydrogen-bond acceptors (Lipinski definition) is 5. The fraction of sp³-hybridized carbons (Fsp3) is 0.600. The largest absolute Gasteiger partial charge is 0.461 e. The predicted molar refractivity (Wildman–Crippen MR) is 59.9 cm³/mol. The molecule has 1 heterocycles. The second kappa shape index (κ2) is 5.82. The molecule has 1 unspecified atom stereocenters. The maximum atomic E-state index is 11.3. The number of ether oxygens (including phenoxy) is 1. The van der Waals surface area contributed by atoms with Crippen LogP contribution in [0.15, 0.2) is 5.38 Å². The van der Waals surface area contributed by atoms with E-state index in [2.05, 4.69) is 11.9 Å².